The molecule has 2 N–H and O–H groups in total. The van der Waals surface area contributed by atoms with E-state index >= 15 is 0 Å². The van der Waals surface area contributed by atoms with E-state index in [1.54, 1.807) is 0 Å². The molecule has 1 aromatic carbocycles. The minimum absolute atomic E-state index is 0. The molecule has 0 fully saturated rings. The van der Waals surface area contributed by atoms with E-state index < -0.39 is 0 Å². The molecule has 0 saturated carbocycles. The van der Waals surface area contributed by atoms with Crippen molar-refractivity contribution in [3.8, 4) is 0 Å². The van der Waals surface area contributed by atoms with Gasteiger partial charge in [0.15, 0.2) is 0 Å². The lowest BCUT2D eigenvalue weighted by molar-refractivity contribution is -0.133. The number of halogens is 1. The van der Waals surface area contributed by atoms with Crippen LogP contribution < -0.4 is 5.73 Å². The number of hydrogen-bond acceptors (Lipinski definition) is 3. The number of nitrogens with zero attached hydrogens (tertiary/aromatic N) is 1. The normalized spacial score (nSPS) is 12.0. The molecule has 0 aliphatic carbocycles. The highest BCUT2D eigenvalue weighted by Gasteiger charge is 2.22. The quantitative estimate of drug-likeness (QED) is 0.888. The smallest absolute Gasteiger partial charge is 0.224 e. The summed E-state index contributed by atoms with van der Waals surface area (Å²) in [7, 11) is 0. The highest BCUT2D eigenvalue weighted by Crippen LogP contribution is 2.27. The second-order valence-corrected chi connectivity index (χ2v) is 4.99. The van der Waals surface area contributed by atoms with Gasteiger partial charge in [-0.15, -0.1) is 12.4 Å². The zero-order valence-corrected chi connectivity index (χ0v) is 13.4. The van der Waals surface area contributed by atoms with Gasteiger partial charge in [-0.3, -0.25) is 4.79 Å². The largest absolute Gasteiger partial charge is 0.459 e. The van der Waals surface area contributed by atoms with E-state index in [4.69, 9.17) is 10.2 Å². The summed E-state index contributed by atoms with van der Waals surface area (Å²) in [6.07, 6.45) is 1.30. The fourth-order valence-corrected chi connectivity index (χ4v) is 2.40. The molecule has 116 valence electrons. The molecule has 2 aromatic rings. The lowest BCUT2D eigenvalue weighted by Crippen LogP contribution is -2.35. The molecule has 1 amide bonds. The minimum atomic E-state index is -0.0681. The van der Waals surface area contributed by atoms with Crippen LogP contribution in [0, 0.1) is 0 Å². The third-order valence-corrected chi connectivity index (χ3v) is 3.47. The number of benzene rings is 1. The Labute approximate surface area is 131 Å². The summed E-state index contributed by atoms with van der Waals surface area (Å²) in [5.41, 5.74) is 6.35. The van der Waals surface area contributed by atoms with Crippen molar-refractivity contribution in [1.82, 2.24) is 4.90 Å². The Morgan fingerprint density at radius 2 is 2.10 bits per heavy atom. The van der Waals surface area contributed by atoms with Crippen LogP contribution in [-0.4, -0.2) is 23.9 Å². The van der Waals surface area contributed by atoms with Crippen molar-refractivity contribution in [3.63, 3.8) is 0 Å². The maximum atomic E-state index is 12.2. The van der Waals surface area contributed by atoms with Crippen LogP contribution in [0.3, 0.4) is 0 Å². The summed E-state index contributed by atoms with van der Waals surface area (Å²) in [6, 6.07) is 9.83. The molecule has 0 spiro atoms. The highest BCUT2D eigenvalue weighted by molar-refractivity contribution is 5.85. The number of para-hydroxylation sites is 1. The van der Waals surface area contributed by atoms with Crippen molar-refractivity contribution >= 4 is 29.3 Å². The van der Waals surface area contributed by atoms with Gasteiger partial charge in [0, 0.05) is 24.9 Å². The van der Waals surface area contributed by atoms with Crippen molar-refractivity contribution in [2.24, 2.45) is 5.73 Å². The van der Waals surface area contributed by atoms with Crippen LogP contribution in [0.5, 0.6) is 0 Å². The zero-order chi connectivity index (χ0) is 14.5. The first-order valence-electron chi connectivity index (χ1n) is 7.15. The number of fused-ring (bicyclic) bond motifs is 1. The Morgan fingerprint density at radius 3 is 2.71 bits per heavy atom. The standard InChI is InChI=1S/C16H22N2O2.ClH/c1-3-10-18(16(19)8-9-17)12(2)15-11-13-6-4-5-7-14(13)20-15;/h4-7,11-12H,3,8-10,17H2,1-2H3;1H. The van der Waals surface area contributed by atoms with Crippen molar-refractivity contribution in [2.75, 3.05) is 13.1 Å². The van der Waals surface area contributed by atoms with Gasteiger partial charge < -0.3 is 15.1 Å². The number of nitrogens with two attached hydrogens (primary N) is 1. The summed E-state index contributed by atoms with van der Waals surface area (Å²) in [4.78, 5) is 14.0. The lowest BCUT2D eigenvalue weighted by Gasteiger charge is -2.27. The average Bonchev–Trinajstić information content (AvgIpc) is 2.88. The third kappa shape index (κ3) is 3.99. The van der Waals surface area contributed by atoms with E-state index in [9.17, 15) is 4.79 Å². The Bertz CT molecular complexity index is 549. The summed E-state index contributed by atoms with van der Waals surface area (Å²) in [5, 5.41) is 1.07. The molecule has 21 heavy (non-hydrogen) atoms. The van der Waals surface area contributed by atoms with Crippen LogP contribution in [0.4, 0.5) is 0 Å². The summed E-state index contributed by atoms with van der Waals surface area (Å²) in [6.45, 7) is 5.17. The minimum Gasteiger partial charge on any atom is -0.459 e. The molecule has 2 rings (SSSR count). The van der Waals surface area contributed by atoms with Gasteiger partial charge in [-0.2, -0.15) is 0 Å². The molecule has 0 radical (unpaired) electrons. The molecule has 0 saturated heterocycles. The Morgan fingerprint density at radius 1 is 1.38 bits per heavy atom. The van der Waals surface area contributed by atoms with Crippen molar-refractivity contribution in [3.05, 3.63) is 36.1 Å². The van der Waals surface area contributed by atoms with Gasteiger partial charge in [0.05, 0.1) is 6.04 Å². The number of carbonyl (C=O) groups is 1. The van der Waals surface area contributed by atoms with Crippen LogP contribution in [0.25, 0.3) is 11.0 Å². The molecular weight excluding hydrogens is 288 g/mol. The molecule has 1 aromatic heterocycles. The van der Waals surface area contributed by atoms with Crippen LogP contribution in [-0.2, 0) is 4.79 Å². The SMILES string of the molecule is CCCN(C(=O)CCN)C(C)c1cc2ccccc2o1.Cl. The average molecular weight is 311 g/mol. The van der Waals surface area contributed by atoms with Gasteiger partial charge in [-0.05, 0) is 25.5 Å². The van der Waals surface area contributed by atoms with Crippen LogP contribution >= 0.6 is 12.4 Å². The molecule has 1 heterocycles. The second kappa shape index (κ2) is 8.05. The van der Waals surface area contributed by atoms with E-state index in [1.165, 1.54) is 0 Å². The van der Waals surface area contributed by atoms with Crippen LogP contribution in [0.1, 0.15) is 38.5 Å². The Kier molecular flexibility index (Phi) is 6.72. The number of amides is 1. The van der Waals surface area contributed by atoms with Crippen molar-refractivity contribution in [1.29, 1.82) is 0 Å². The molecule has 0 aliphatic heterocycles. The van der Waals surface area contributed by atoms with Gasteiger partial charge in [0.25, 0.3) is 0 Å². The predicted molar refractivity (Wildman–Crippen MR) is 87.6 cm³/mol. The number of hydrogen-bond donors (Lipinski definition) is 1. The fraction of sp³-hybridized carbons (Fsp3) is 0.438. The van der Waals surface area contributed by atoms with E-state index in [-0.39, 0.29) is 24.4 Å². The van der Waals surface area contributed by atoms with Crippen molar-refractivity contribution in [2.45, 2.75) is 32.7 Å². The van der Waals surface area contributed by atoms with Gasteiger partial charge >= 0.3 is 0 Å². The summed E-state index contributed by atoms with van der Waals surface area (Å²) >= 11 is 0. The second-order valence-electron chi connectivity index (χ2n) is 4.99. The molecule has 1 atom stereocenters. The molecule has 4 nitrogen and oxygen atoms in total. The maximum Gasteiger partial charge on any atom is 0.224 e. The monoisotopic (exact) mass is 310 g/mol. The summed E-state index contributed by atoms with van der Waals surface area (Å²) < 4.78 is 5.86. The topological polar surface area (TPSA) is 59.5 Å². The van der Waals surface area contributed by atoms with Crippen LogP contribution in [0.2, 0.25) is 0 Å². The molecule has 0 bridgehead atoms. The lowest BCUT2D eigenvalue weighted by atomic mass is 10.1. The predicted octanol–water partition coefficient (Wildman–Crippen LogP) is 3.50. The number of carbonyl (C=O) groups excluding carboxylic acids is 1. The molecule has 1 unspecified atom stereocenters. The van der Waals surface area contributed by atoms with Crippen LogP contribution in [0.15, 0.2) is 34.7 Å². The first kappa shape index (κ1) is 17.5. The van der Waals surface area contributed by atoms with Gasteiger partial charge in [0.2, 0.25) is 5.91 Å². The van der Waals surface area contributed by atoms with E-state index in [2.05, 4.69) is 6.92 Å². The summed E-state index contributed by atoms with van der Waals surface area (Å²) in [5.74, 6) is 0.910. The first-order chi connectivity index (χ1) is 9.67. The van der Waals surface area contributed by atoms with E-state index in [0.29, 0.717) is 13.0 Å². The molecule has 5 heteroatoms. The Balaban J connectivity index is 0.00000220. The number of rotatable bonds is 6. The first-order valence-corrected chi connectivity index (χ1v) is 7.15. The highest BCUT2D eigenvalue weighted by atomic mass is 35.5. The van der Waals surface area contributed by atoms with E-state index in [1.807, 2.05) is 42.2 Å². The fourth-order valence-electron chi connectivity index (χ4n) is 2.40. The molecular formula is C16H23ClN2O2. The van der Waals surface area contributed by atoms with Gasteiger partial charge in [0.1, 0.15) is 11.3 Å². The van der Waals surface area contributed by atoms with E-state index in [0.717, 1.165) is 29.7 Å². The van der Waals surface area contributed by atoms with Gasteiger partial charge in [-0.1, -0.05) is 25.1 Å². The Hall–Kier alpha value is -1.52. The third-order valence-electron chi connectivity index (χ3n) is 3.47. The maximum absolute atomic E-state index is 12.2. The zero-order valence-electron chi connectivity index (χ0n) is 12.5. The number of furan rings is 1. The molecule has 0 aliphatic rings. The van der Waals surface area contributed by atoms with Gasteiger partial charge in [-0.25, -0.2) is 0 Å². The van der Waals surface area contributed by atoms with Crippen molar-refractivity contribution < 1.29 is 9.21 Å².